The molecule has 1 aliphatic rings. The number of nitrogens with one attached hydrogen (secondary N) is 1. The second-order valence-corrected chi connectivity index (χ2v) is 7.60. The first-order valence-electron chi connectivity index (χ1n) is 7.25. The Morgan fingerprint density at radius 3 is 2.91 bits per heavy atom. The van der Waals surface area contributed by atoms with Gasteiger partial charge in [-0.2, -0.15) is 4.31 Å². The highest BCUT2D eigenvalue weighted by molar-refractivity contribution is 7.88. The predicted molar refractivity (Wildman–Crippen MR) is 82.7 cm³/mol. The second kappa shape index (κ2) is 7.26. The van der Waals surface area contributed by atoms with Crippen molar-refractivity contribution in [2.45, 2.75) is 19.5 Å². The third-order valence-electron chi connectivity index (χ3n) is 3.75. The van der Waals surface area contributed by atoms with Crippen molar-refractivity contribution in [3.8, 4) is 0 Å². The summed E-state index contributed by atoms with van der Waals surface area (Å²) in [6, 6.07) is 3.82. The normalized spacial score (nSPS) is 19.5. The maximum absolute atomic E-state index is 12.0. The van der Waals surface area contributed by atoms with Gasteiger partial charge in [-0.15, -0.1) is 0 Å². The molecule has 0 aliphatic carbocycles. The van der Waals surface area contributed by atoms with Gasteiger partial charge in [0.1, 0.15) is 0 Å². The molecule has 1 aliphatic heterocycles. The van der Waals surface area contributed by atoms with Crippen molar-refractivity contribution in [1.29, 1.82) is 0 Å². The topological polar surface area (TPSA) is 80.6 Å². The van der Waals surface area contributed by atoms with Gasteiger partial charge in [0.25, 0.3) is 0 Å². The van der Waals surface area contributed by atoms with Crippen LogP contribution < -0.4 is 5.32 Å². The molecule has 7 nitrogen and oxygen atoms in total. The van der Waals surface area contributed by atoms with Crippen LogP contribution in [-0.2, 0) is 32.6 Å². The number of methoxy groups -OCH3 is 1. The number of hydrogen-bond donors (Lipinski definition) is 1. The van der Waals surface area contributed by atoms with Crippen LogP contribution >= 0.6 is 0 Å². The minimum atomic E-state index is -3.29. The smallest absolute Gasteiger partial charge is 0.220 e. The lowest BCUT2D eigenvalue weighted by Crippen LogP contribution is -2.36. The van der Waals surface area contributed by atoms with Gasteiger partial charge in [0.15, 0.2) is 0 Å². The molecule has 0 saturated carbocycles. The molecule has 1 atom stereocenters. The maximum atomic E-state index is 12.0. The summed E-state index contributed by atoms with van der Waals surface area (Å²) < 4.78 is 32.2. The van der Waals surface area contributed by atoms with Crippen molar-refractivity contribution in [2.75, 3.05) is 33.1 Å². The molecular weight excluding hydrogens is 306 g/mol. The van der Waals surface area contributed by atoms with Gasteiger partial charge >= 0.3 is 0 Å². The Balaban J connectivity index is 2.06. The van der Waals surface area contributed by atoms with Gasteiger partial charge in [0.05, 0.1) is 19.4 Å². The van der Waals surface area contributed by atoms with Crippen LogP contribution in [0, 0.1) is 5.92 Å². The molecule has 124 valence electrons. The van der Waals surface area contributed by atoms with Gasteiger partial charge in [0.2, 0.25) is 15.9 Å². The Morgan fingerprint density at radius 1 is 1.45 bits per heavy atom. The molecule has 0 spiro atoms. The van der Waals surface area contributed by atoms with Crippen LogP contribution in [-0.4, -0.2) is 56.3 Å². The Morgan fingerprint density at radius 2 is 2.23 bits per heavy atom. The van der Waals surface area contributed by atoms with Crippen molar-refractivity contribution < 1.29 is 17.9 Å². The molecule has 1 aromatic rings. The van der Waals surface area contributed by atoms with Crippen LogP contribution in [0.2, 0.25) is 0 Å². The average Bonchev–Trinajstić information content (AvgIpc) is 2.77. The number of nitrogens with zero attached hydrogens (tertiary/aromatic N) is 2. The summed E-state index contributed by atoms with van der Waals surface area (Å²) >= 11 is 0. The van der Waals surface area contributed by atoms with Gasteiger partial charge in [-0.1, -0.05) is 0 Å². The zero-order chi connectivity index (χ0) is 16.2. The van der Waals surface area contributed by atoms with Crippen LogP contribution in [0.1, 0.15) is 12.1 Å². The largest absolute Gasteiger partial charge is 0.383 e. The number of hydrogen-bond acceptors (Lipinski definition) is 4. The number of sulfonamides is 1. The van der Waals surface area contributed by atoms with E-state index in [0.717, 1.165) is 5.69 Å². The van der Waals surface area contributed by atoms with E-state index in [0.29, 0.717) is 39.2 Å². The van der Waals surface area contributed by atoms with Crippen molar-refractivity contribution in [1.82, 2.24) is 14.2 Å². The van der Waals surface area contributed by atoms with Gasteiger partial charge in [-0.3, -0.25) is 4.79 Å². The third kappa shape index (κ3) is 4.56. The van der Waals surface area contributed by atoms with Crippen molar-refractivity contribution >= 4 is 15.9 Å². The zero-order valence-electron chi connectivity index (χ0n) is 13.0. The van der Waals surface area contributed by atoms with E-state index in [1.165, 1.54) is 10.6 Å². The van der Waals surface area contributed by atoms with Gasteiger partial charge in [-0.25, -0.2) is 8.42 Å². The summed E-state index contributed by atoms with van der Waals surface area (Å²) in [5.41, 5.74) is 0.952. The summed E-state index contributed by atoms with van der Waals surface area (Å²) in [6.45, 7) is 2.29. The van der Waals surface area contributed by atoms with Crippen LogP contribution in [0.25, 0.3) is 0 Å². The minimum Gasteiger partial charge on any atom is -0.383 e. The summed E-state index contributed by atoms with van der Waals surface area (Å²) in [4.78, 5) is 12.0. The van der Waals surface area contributed by atoms with Gasteiger partial charge in [-0.05, 0) is 18.1 Å². The number of carbonyl (C=O) groups excluding carboxylic acids is 1. The quantitative estimate of drug-likeness (QED) is 0.747. The molecule has 0 aromatic carbocycles. The average molecular weight is 329 g/mol. The van der Waals surface area contributed by atoms with Gasteiger partial charge < -0.3 is 14.6 Å². The summed E-state index contributed by atoms with van der Waals surface area (Å²) in [6.07, 6.45) is 3.44. The first kappa shape index (κ1) is 17.0. The van der Waals surface area contributed by atoms with E-state index in [1.807, 2.05) is 22.9 Å². The molecule has 22 heavy (non-hydrogen) atoms. The van der Waals surface area contributed by atoms with Gasteiger partial charge in [0, 0.05) is 45.1 Å². The number of amides is 1. The van der Waals surface area contributed by atoms with E-state index in [4.69, 9.17) is 4.74 Å². The number of fused-ring (bicyclic) bond motifs is 1. The highest BCUT2D eigenvalue weighted by atomic mass is 32.2. The van der Waals surface area contributed by atoms with Crippen molar-refractivity contribution in [3.63, 3.8) is 0 Å². The van der Waals surface area contributed by atoms with Crippen LogP contribution in [0.4, 0.5) is 0 Å². The molecule has 1 aromatic heterocycles. The molecule has 2 rings (SSSR count). The first-order valence-corrected chi connectivity index (χ1v) is 9.09. The Kier molecular flexibility index (Phi) is 5.60. The van der Waals surface area contributed by atoms with Crippen molar-refractivity contribution in [2.24, 2.45) is 5.92 Å². The zero-order valence-corrected chi connectivity index (χ0v) is 13.8. The number of aromatic nitrogens is 1. The van der Waals surface area contributed by atoms with E-state index < -0.39 is 10.0 Å². The Hall–Kier alpha value is -1.38. The minimum absolute atomic E-state index is 0.0501. The molecule has 0 unspecified atom stereocenters. The SMILES string of the molecule is COCCNC(=O)C[C@H]1CN(S(C)(=O)=O)Cc2cccn2C1. The number of rotatable bonds is 6. The summed E-state index contributed by atoms with van der Waals surface area (Å²) in [7, 11) is -1.71. The Labute approximate surface area is 131 Å². The first-order chi connectivity index (χ1) is 10.4. The van der Waals surface area contributed by atoms with E-state index >= 15 is 0 Å². The molecular formula is C14H23N3O4S. The Bertz CT molecular complexity index is 611. The fraction of sp³-hybridized carbons (Fsp3) is 0.643. The molecule has 0 bridgehead atoms. The lowest BCUT2D eigenvalue weighted by Gasteiger charge is -2.21. The molecule has 8 heteroatoms. The highest BCUT2D eigenvalue weighted by Crippen LogP contribution is 2.21. The lowest BCUT2D eigenvalue weighted by molar-refractivity contribution is -0.122. The fourth-order valence-corrected chi connectivity index (χ4v) is 3.50. The predicted octanol–water partition coefficient (Wildman–Crippen LogP) is 0.0322. The molecule has 1 N–H and O–H groups in total. The fourth-order valence-electron chi connectivity index (χ4n) is 2.65. The van der Waals surface area contributed by atoms with Crippen LogP contribution in [0.5, 0.6) is 0 Å². The van der Waals surface area contributed by atoms with E-state index in [2.05, 4.69) is 5.32 Å². The summed E-state index contributed by atoms with van der Waals surface area (Å²) in [5, 5.41) is 2.78. The molecule has 0 saturated heterocycles. The van der Waals surface area contributed by atoms with E-state index in [1.54, 1.807) is 7.11 Å². The summed E-state index contributed by atoms with van der Waals surface area (Å²) in [5.74, 6) is -0.128. The molecule has 2 heterocycles. The van der Waals surface area contributed by atoms with Crippen molar-refractivity contribution in [3.05, 3.63) is 24.0 Å². The van der Waals surface area contributed by atoms with Crippen LogP contribution in [0.15, 0.2) is 18.3 Å². The monoisotopic (exact) mass is 329 g/mol. The molecule has 1 amide bonds. The molecule has 0 radical (unpaired) electrons. The van der Waals surface area contributed by atoms with Crippen LogP contribution in [0.3, 0.4) is 0 Å². The molecule has 0 fully saturated rings. The number of ether oxygens (including phenoxy) is 1. The van der Waals surface area contributed by atoms with E-state index in [9.17, 15) is 13.2 Å². The standard InChI is InChI=1S/C14H23N3O4S/c1-21-7-5-15-14(18)8-12-9-16-6-3-4-13(16)11-17(10-12)22(2,19)20/h3-4,6,12H,5,7-11H2,1-2H3,(H,15,18)/t12-/m1/s1. The highest BCUT2D eigenvalue weighted by Gasteiger charge is 2.28. The van der Waals surface area contributed by atoms with E-state index in [-0.39, 0.29) is 11.8 Å². The third-order valence-corrected chi connectivity index (χ3v) is 4.97. The second-order valence-electron chi connectivity index (χ2n) is 5.62. The maximum Gasteiger partial charge on any atom is 0.220 e. The number of carbonyl (C=O) groups is 1. The lowest BCUT2D eigenvalue weighted by atomic mass is 10.1.